The van der Waals surface area contributed by atoms with Crippen molar-refractivity contribution in [2.45, 2.75) is 26.2 Å². The molecule has 0 heterocycles. The Bertz CT molecular complexity index is 356. The van der Waals surface area contributed by atoms with Crippen LogP contribution in [0.1, 0.15) is 31.7 Å². The lowest BCUT2D eigenvalue weighted by Gasteiger charge is -2.21. The molecule has 2 nitrogen and oxygen atoms in total. The molecule has 2 heteroatoms. The van der Waals surface area contributed by atoms with Gasteiger partial charge in [0, 0.05) is 0 Å². The summed E-state index contributed by atoms with van der Waals surface area (Å²) in [6.07, 6.45) is 2.43. The van der Waals surface area contributed by atoms with Gasteiger partial charge in [-0.15, -0.1) is 6.58 Å². The molecule has 0 aromatic heterocycles. The summed E-state index contributed by atoms with van der Waals surface area (Å²) < 4.78 is 5.11. The van der Waals surface area contributed by atoms with E-state index in [0.29, 0.717) is 13.0 Å². The Morgan fingerprint density at radius 3 is 2.59 bits per heavy atom. The molecule has 0 fully saturated rings. The lowest BCUT2D eigenvalue weighted by Crippen LogP contribution is -2.22. The van der Waals surface area contributed by atoms with Crippen LogP contribution in [-0.2, 0) is 9.53 Å². The topological polar surface area (TPSA) is 26.3 Å². The van der Waals surface area contributed by atoms with E-state index in [1.807, 2.05) is 37.3 Å². The van der Waals surface area contributed by atoms with Crippen LogP contribution >= 0.6 is 0 Å². The highest BCUT2D eigenvalue weighted by Gasteiger charge is 2.26. The van der Waals surface area contributed by atoms with Gasteiger partial charge in [0.15, 0.2) is 0 Å². The predicted octanol–water partition coefficient (Wildman–Crippen LogP) is 3.55. The zero-order valence-corrected chi connectivity index (χ0v) is 10.6. The van der Waals surface area contributed by atoms with Crippen LogP contribution in [0, 0.1) is 5.92 Å². The molecule has 0 saturated carbocycles. The number of esters is 1. The number of ether oxygens (including phenoxy) is 1. The number of carbonyl (C=O) groups is 1. The molecule has 0 amide bonds. The van der Waals surface area contributed by atoms with Crippen molar-refractivity contribution in [1.29, 1.82) is 0 Å². The molecular formula is C15H20O2. The highest BCUT2D eigenvalue weighted by atomic mass is 16.5. The Morgan fingerprint density at radius 2 is 2.06 bits per heavy atom. The van der Waals surface area contributed by atoms with Gasteiger partial charge in [0.05, 0.1) is 12.5 Å². The Hall–Kier alpha value is -1.57. The molecule has 0 bridgehead atoms. The second kappa shape index (κ2) is 6.89. The van der Waals surface area contributed by atoms with Gasteiger partial charge < -0.3 is 4.74 Å². The molecule has 1 aromatic rings. The molecule has 1 aromatic carbocycles. The van der Waals surface area contributed by atoms with E-state index < -0.39 is 0 Å². The molecule has 1 rings (SSSR count). The van der Waals surface area contributed by atoms with Crippen molar-refractivity contribution in [2.24, 2.45) is 5.92 Å². The van der Waals surface area contributed by atoms with Gasteiger partial charge >= 0.3 is 5.97 Å². The van der Waals surface area contributed by atoms with E-state index >= 15 is 0 Å². The first-order valence-corrected chi connectivity index (χ1v) is 6.03. The fraction of sp³-hybridized carbons (Fsp3) is 0.400. The highest BCUT2D eigenvalue weighted by molar-refractivity contribution is 5.73. The third-order valence-corrected chi connectivity index (χ3v) is 2.94. The second-order valence-electron chi connectivity index (χ2n) is 4.08. The minimum Gasteiger partial charge on any atom is -0.466 e. The highest BCUT2D eigenvalue weighted by Crippen LogP contribution is 2.28. The van der Waals surface area contributed by atoms with Crippen molar-refractivity contribution >= 4 is 5.97 Å². The maximum atomic E-state index is 11.9. The smallest absolute Gasteiger partial charge is 0.309 e. The van der Waals surface area contributed by atoms with E-state index in [1.165, 1.54) is 0 Å². The lowest BCUT2D eigenvalue weighted by atomic mass is 9.85. The number of rotatable bonds is 6. The normalized spacial score (nSPS) is 13.8. The monoisotopic (exact) mass is 232 g/mol. The molecule has 0 aliphatic heterocycles. The number of hydrogen-bond donors (Lipinski definition) is 0. The summed E-state index contributed by atoms with van der Waals surface area (Å²) in [5.41, 5.74) is 1.16. The Balaban J connectivity index is 2.83. The van der Waals surface area contributed by atoms with Gasteiger partial charge in [0.2, 0.25) is 0 Å². The van der Waals surface area contributed by atoms with Gasteiger partial charge in [0.1, 0.15) is 0 Å². The third-order valence-electron chi connectivity index (χ3n) is 2.94. The summed E-state index contributed by atoms with van der Waals surface area (Å²) >= 11 is 0. The Kier molecular flexibility index (Phi) is 5.47. The predicted molar refractivity (Wildman–Crippen MR) is 69.8 cm³/mol. The van der Waals surface area contributed by atoms with Crippen molar-refractivity contribution in [1.82, 2.24) is 0 Å². The molecule has 0 aliphatic carbocycles. The first-order valence-electron chi connectivity index (χ1n) is 6.03. The van der Waals surface area contributed by atoms with Crippen molar-refractivity contribution in [2.75, 3.05) is 6.61 Å². The molecule has 92 valence electrons. The van der Waals surface area contributed by atoms with Gasteiger partial charge in [-0.3, -0.25) is 4.79 Å². The van der Waals surface area contributed by atoms with Gasteiger partial charge in [-0.05, 0) is 24.8 Å². The first-order chi connectivity index (χ1) is 8.20. The van der Waals surface area contributed by atoms with Crippen molar-refractivity contribution < 1.29 is 9.53 Å². The maximum Gasteiger partial charge on any atom is 0.309 e. The van der Waals surface area contributed by atoms with Crippen LogP contribution in [0.15, 0.2) is 43.0 Å². The summed E-state index contributed by atoms with van der Waals surface area (Å²) in [5.74, 6) is -0.133. The molecule has 0 spiro atoms. The number of allylic oxidation sites excluding steroid dienone is 1. The van der Waals surface area contributed by atoms with E-state index in [9.17, 15) is 4.79 Å². The van der Waals surface area contributed by atoms with Crippen LogP contribution in [0.3, 0.4) is 0 Å². The summed E-state index contributed by atoms with van der Waals surface area (Å²) in [6, 6.07) is 10.0. The zero-order valence-electron chi connectivity index (χ0n) is 10.6. The quantitative estimate of drug-likeness (QED) is 0.554. The molecule has 0 aliphatic rings. The molecular weight excluding hydrogens is 212 g/mol. The van der Waals surface area contributed by atoms with Gasteiger partial charge in [-0.1, -0.05) is 43.3 Å². The molecule has 0 saturated heterocycles. The first kappa shape index (κ1) is 13.5. The fourth-order valence-corrected chi connectivity index (χ4v) is 1.92. The minimum atomic E-state index is -0.144. The summed E-state index contributed by atoms with van der Waals surface area (Å²) in [5, 5.41) is 0. The van der Waals surface area contributed by atoms with Crippen LogP contribution in [0.5, 0.6) is 0 Å². The maximum absolute atomic E-state index is 11.9. The van der Waals surface area contributed by atoms with Gasteiger partial charge in [-0.2, -0.15) is 0 Å². The standard InChI is InChI=1S/C15H20O2/c1-4-9-14(15(16)17-5-2)12(3)13-10-7-6-8-11-13/h4,6-8,10-12,14H,1,5,9H2,2-3H3/t12-,14-/m1/s1. The van der Waals surface area contributed by atoms with Crippen LogP contribution in [0.4, 0.5) is 0 Å². The number of benzene rings is 1. The number of carbonyl (C=O) groups excluding carboxylic acids is 1. The van der Waals surface area contributed by atoms with Crippen LogP contribution in [0.2, 0.25) is 0 Å². The van der Waals surface area contributed by atoms with Crippen molar-refractivity contribution in [3.63, 3.8) is 0 Å². The lowest BCUT2D eigenvalue weighted by molar-refractivity contribution is -0.148. The largest absolute Gasteiger partial charge is 0.466 e. The van der Waals surface area contributed by atoms with E-state index in [-0.39, 0.29) is 17.8 Å². The Labute approximate surface area is 103 Å². The summed E-state index contributed by atoms with van der Waals surface area (Å²) in [4.78, 5) is 11.9. The summed E-state index contributed by atoms with van der Waals surface area (Å²) in [7, 11) is 0. The number of hydrogen-bond acceptors (Lipinski definition) is 2. The van der Waals surface area contributed by atoms with Crippen molar-refractivity contribution in [3.8, 4) is 0 Å². The van der Waals surface area contributed by atoms with Crippen LogP contribution in [-0.4, -0.2) is 12.6 Å². The second-order valence-corrected chi connectivity index (χ2v) is 4.08. The Morgan fingerprint density at radius 1 is 1.41 bits per heavy atom. The molecule has 0 radical (unpaired) electrons. The zero-order chi connectivity index (χ0) is 12.7. The van der Waals surface area contributed by atoms with E-state index in [0.717, 1.165) is 5.56 Å². The minimum absolute atomic E-state index is 0.135. The van der Waals surface area contributed by atoms with E-state index in [4.69, 9.17) is 4.74 Å². The fourth-order valence-electron chi connectivity index (χ4n) is 1.92. The summed E-state index contributed by atoms with van der Waals surface area (Å²) in [6.45, 7) is 8.02. The third kappa shape index (κ3) is 3.74. The van der Waals surface area contributed by atoms with E-state index in [1.54, 1.807) is 6.08 Å². The van der Waals surface area contributed by atoms with Gasteiger partial charge in [0.25, 0.3) is 0 Å². The van der Waals surface area contributed by atoms with Crippen molar-refractivity contribution in [3.05, 3.63) is 48.6 Å². The molecule has 2 atom stereocenters. The van der Waals surface area contributed by atoms with E-state index in [2.05, 4.69) is 13.5 Å². The molecule has 0 unspecified atom stereocenters. The van der Waals surface area contributed by atoms with Gasteiger partial charge in [-0.25, -0.2) is 0 Å². The average molecular weight is 232 g/mol. The van der Waals surface area contributed by atoms with Crippen LogP contribution in [0.25, 0.3) is 0 Å². The average Bonchev–Trinajstić information content (AvgIpc) is 2.36. The molecule has 0 N–H and O–H groups in total. The molecule has 17 heavy (non-hydrogen) atoms. The van der Waals surface area contributed by atoms with Crippen LogP contribution < -0.4 is 0 Å². The SMILES string of the molecule is C=CC[C@@H](C(=O)OCC)[C@H](C)c1ccccc1.